The van der Waals surface area contributed by atoms with E-state index < -0.39 is 0 Å². The summed E-state index contributed by atoms with van der Waals surface area (Å²) < 4.78 is 11.1. The van der Waals surface area contributed by atoms with Crippen molar-refractivity contribution < 1.29 is 9.47 Å². The Hall–Kier alpha value is -2.03. The van der Waals surface area contributed by atoms with Crippen LogP contribution in [0.1, 0.15) is 38.8 Å². The van der Waals surface area contributed by atoms with Crippen LogP contribution in [-0.4, -0.2) is 30.2 Å². The van der Waals surface area contributed by atoms with Crippen LogP contribution in [0, 0.1) is 0 Å². The van der Waals surface area contributed by atoms with E-state index in [1.54, 1.807) is 13.3 Å². The number of aliphatic imine (C=N–C) groups is 1. The van der Waals surface area contributed by atoms with Gasteiger partial charge < -0.3 is 20.1 Å². The van der Waals surface area contributed by atoms with Gasteiger partial charge in [-0.05, 0) is 39.3 Å². The molecule has 2 aromatic rings. The van der Waals surface area contributed by atoms with E-state index in [4.69, 9.17) is 9.47 Å². The van der Waals surface area contributed by atoms with Crippen molar-refractivity contribution in [2.45, 2.75) is 46.4 Å². The minimum absolute atomic E-state index is 0. The van der Waals surface area contributed by atoms with E-state index in [2.05, 4.69) is 26.7 Å². The predicted molar refractivity (Wildman–Crippen MR) is 125 cm³/mol. The lowest BCUT2D eigenvalue weighted by Crippen LogP contribution is -2.37. The summed E-state index contributed by atoms with van der Waals surface area (Å²) in [6.45, 7) is 10.1. The van der Waals surface area contributed by atoms with Gasteiger partial charge in [0.05, 0.1) is 13.7 Å². The normalized spacial score (nSPS) is 11.4. The molecule has 1 aromatic carbocycles. The Morgan fingerprint density at radius 3 is 2.46 bits per heavy atom. The molecule has 1 aromatic heterocycles. The summed E-state index contributed by atoms with van der Waals surface area (Å²) >= 11 is 0. The van der Waals surface area contributed by atoms with Crippen LogP contribution in [0.5, 0.6) is 11.6 Å². The summed E-state index contributed by atoms with van der Waals surface area (Å²) in [6, 6.07) is 11.9. The first kappa shape index (κ1) is 24.0. The average Bonchev–Trinajstić information content (AvgIpc) is 2.64. The Kier molecular flexibility index (Phi) is 10.1. The van der Waals surface area contributed by atoms with E-state index in [-0.39, 0.29) is 29.6 Å². The molecule has 0 unspecified atom stereocenters. The van der Waals surface area contributed by atoms with Gasteiger partial charge in [0, 0.05) is 30.9 Å². The lowest BCUT2D eigenvalue weighted by molar-refractivity contribution is 0.129. The minimum Gasteiger partial charge on any atom is -0.488 e. The van der Waals surface area contributed by atoms with Crippen molar-refractivity contribution in [1.82, 2.24) is 15.6 Å². The lowest BCUT2D eigenvalue weighted by atomic mass is 10.1. The number of para-hydroxylation sites is 1. The highest BCUT2D eigenvalue weighted by Crippen LogP contribution is 2.22. The molecule has 0 aliphatic rings. The van der Waals surface area contributed by atoms with Crippen molar-refractivity contribution in [2.24, 2.45) is 4.99 Å². The molecule has 0 saturated carbocycles. The van der Waals surface area contributed by atoms with Gasteiger partial charge in [-0.2, -0.15) is 0 Å². The van der Waals surface area contributed by atoms with Crippen LogP contribution in [0.25, 0.3) is 0 Å². The first-order chi connectivity index (χ1) is 12.9. The molecule has 6 nitrogen and oxygen atoms in total. The number of rotatable bonds is 7. The third-order valence-electron chi connectivity index (χ3n) is 3.61. The Morgan fingerprint density at radius 1 is 1.11 bits per heavy atom. The van der Waals surface area contributed by atoms with Crippen molar-refractivity contribution >= 4 is 29.9 Å². The van der Waals surface area contributed by atoms with E-state index >= 15 is 0 Å². The molecular weight excluding hydrogens is 467 g/mol. The van der Waals surface area contributed by atoms with Crippen LogP contribution in [0.15, 0.2) is 47.6 Å². The maximum absolute atomic E-state index is 6.06. The van der Waals surface area contributed by atoms with Gasteiger partial charge in [0.2, 0.25) is 5.88 Å². The molecule has 0 amide bonds. The van der Waals surface area contributed by atoms with Crippen LogP contribution < -0.4 is 20.1 Å². The zero-order valence-electron chi connectivity index (χ0n) is 17.3. The summed E-state index contributed by atoms with van der Waals surface area (Å²) in [5.74, 6) is 2.23. The maximum Gasteiger partial charge on any atom is 0.212 e. The monoisotopic (exact) mass is 498 g/mol. The second-order valence-electron chi connectivity index (χ2n) is 7.08. The SMILES string of the molecule is CCNC(=NCc1ccc(OC)nc1)NCc1ccccc1OC(C)(C)C.I. The molecule has 0 saturated heterocycles. The molecular formula is C21H31IN4O2. The van der Waals surface area contributed by atoms with E-state index in [1.165, 1.54) is 0 Å². The minimum atomic E-state index is -0.240. The fourth-order valence-electron chi connectivity index (χ4n) is 2.40. The number of aromatic nitrogens is 1. The summed E-state index contributed by atoms with van der Waals surface area (Å²) in [7, 11) is 1.61. The smallest absolute Gasteiger partial charge is 0.212 e. The predicted octanol–water partition coefficient (Wildman–Crippen LogP) is 4.14. The number of halogens is 1. The van der Waals surface area contributed by atoms with Crippen LogP contribution in [0.4, 0.5) is 0 Å². The van der Waals surface area contributed by atoms with Gasteiger partial charge >= 0.3 is 0 Å². The molecule has 1 heterocycles. The number of benzene rings is 1. The number of methoxy groups -OCH3 is 1. The number of guanidine groups is 1. The van der Waals surface area contributed by atoms with Gasteiger partial charge in [-0.3, -0.25) is 0 Å². The molecule has 0 spiro atoms. The van der Waals surface area contributed by atoms with Gasteiger partial charge in [-0.25, -0.2) is 9.98 Å². The Labute approximate surface area is 185 Å². The first-order valence-corrected chi connectivity index (χ1v) is 9.19. The molecule has 2 rings (SSSR count). The first-order valence-electron chi connectivity index (χ1n) is 9.19. The maximum atomic E-state index is 6.06. The molecule has 28 heavy (non-hydrogen) atoms. The second kappa shape index (κ2) is 11.7. The third-order valence-corrected chi connectivity index (χ3v) is 3.61. The summed E-state index contributed by atoms with van der Waals surface area (Å²) in [6.07, 6.45) is 1.78. The number of hydrogen-bond donors (Lipinski definition) is 2. The molecule has 154 valence electrons. The number of pyridine rings is 1. The lowest BCUT2D eigenvalue weighted by Gasteiger charge is -2.23. The molecule has 2 N–H and O–H groups in total. The van der Waals surface area contributed by atoms with Crippen LogP contribution in [-0.2, 0) is 13.1 Å². The average molecular weight is 498 g/mol. The largest absolute Gasteiger partial charge is 0.488 e. The van der Waals surface area contributed by atoms with E-state index in [9.17, 15) is 0 Å². The van der Waals surface area contributed by atoms with Crippen LogP contribution >= 0.6 is 24.0 Å². The Morgan fingerprint density at radius 2 is 1.86 bits per heavy atom. The number of nitrogens with zero attached hydrogens (tertiary/aromatic N) is 2. The van der Waals surface area contributed by atoms with Gasteiger partial charge in [-0.1, -0.05) is 24.3 Å². The molecule has 0 aliphatic carbocycles. The Bertz CT molecular complexity index is 743. The van der Waals surface area contributed by atoms with Crippen molar-refractivity contribution in [3.63, 3.8) is 0 Å². The molecule has 0 atom stereocenters. The molecule has 0 bridgehead atoms. The van der Waals surface area contributed by atoms with Crippen LogP contribution in [0.3, 0.4) is 0 Å². The number of nitrogens with one attached hydrogen (secondary N) is 2. The molecule has 0 radical (unpaired) electrons. The topological polar surface area (TPSA) is 67.8 Å². The fourth-order valence-corrected chi connectivity index (χ4v) is 2.40. The fraction of sp³-hybridized carbons (Fsp3) is 0.429. The number of hydrogen-bond acceptors (Lipinski definition) is 4. The van der Waals surface area contributed by atoms with Gasteiger partial charge in [0.15, 0.2) is 5.96 Å². The van der Waals surface area contributed by atoms with E-state index in [0.717, 1.165) is 29.4 Å². The summed E-state index contributed by atoms with van der Waals surface area (Å²) in [5, 5.41) is 6.64. The zero-order chi connectivity index (χ0) is 19.7. The summed E-state index contributed by atoms with van der Waals surface area (Å²) in [5.41, 5.74) is 1.87. The molecule has 0 aliphatic heterocycles. The van der Waals surface area contributed by atoms with Crippen molar-refractivity contribution in [3.05, 3.63) is 53.7 Å². The number of ether oxygens (including phenoxy) is 2. The molecule has 7 heteroatoms. The highest BCUT2D eigenvalue weighted by Gasteiger charge is 2.14. The van der Waals surface area contributed by atoms with Gasteiger partial charge in [0.25, 0.3) is 0 Å². The van der Waals surface area contributed by atoms with E-state index in [1.807, 2.05) is 58.0 Å². The van der Waals surface area contributed by atoms with Crippen molar-refractivity contribution in [3.8, 4) is 11.6 Å². The standard InChI is InChI=1S/C21H30N4O2.HI/c1-6-22-20(24-14-16-11-12-19(26-5)23-13-16)25-15-17-9-7-8-10-18(17)27-21(2,3)4;/h7-13H,6,14-15H2,1-5H3,(H2,22,24,25);1H. The summed E-state index contributed by atoms with van der Waals surface area (Å²) in [4.78, 5) is 8.84. The van der Waals surface area contributed by atoms with Gasteiger partial charge in [-0.15, -0.1) is 24.0 Å². The second-order valence-corrected chi connectivity index (χ2v) is 7.08. The highest BCUT2D eigenvalue weighted by atomic mass is 127. The van der Waals surface area contributed by atoms with Gasteiger partial charge in [0.1, 0.15) is 11.4 Å². The highest BCUT2D eigenvalue weighted by molar-refractivity contribution is 14.0. The Balaban J connectivity index is 0.00000392. The van der Waals surface area contributed by atoms with E-state index in [0.29, 0.717) is 19.0 Å². The van der Waals surface area contributed by atoms with Crippen LogP contribution in [0.2, 0.25) is 0 Å². The third kappa shape index (κ3) is 8.33. The quantitative estimate of drug-likeness (QED) is 0.341. The van der Waals surface area contributed by atoms with Crippen molar-refractivity contribution in [1.29, 1.82) is 0 Å². The zero-order valence-corrected chi connectivity index (χ0v) is 19.6. The molecule has 0 fully saturated rings. The van der Waals surface area contributed by atoms with Crippen molar-refractivity contribution in [2.75, 3.05) is 13.7 Å².